The molecule has 94 valence electrons. The van der Waals surface area contributed by atoms with Crippen molar-refractivity contribution in [3.05, 3.63) is 33.8 Å². The van der Waals surface area contributed by atoms with E-state index in [0.29, 0.717) is 11.4 Å². The molecule has 3 heterocycles. The number of thiophene rings is 1. The number of aryl methyl sites for hydroxylation is 2. The highest BCUT2D eigenvalue weighted by atomic mass is 32.1. The second-order valence-electron chi connectivity index (χ2n) is 3.93. The van der Waals surface area contributed by atoms with Crippen molar-refractivity contribution in [2.75, 3.05) is 0 Å². The standard InChI is InChI=1S/C12H9N5S2/c1-7-8(2)19-12(14-7)17-11(9(6-13)15-16-17)10-4-3-5-18-10/h3-5H,1-2H3. The Balaban J connectivity index is 2.23. The van der Waals surface area contributed by atoms with Gasteiger partial charge < -0.3 is 0 Å². The quantitative estimate of drug-likeness (QED) is 0.726. The van der Waals surface area contributed by atoms with Crippen molar-refractivity contribution in [3.63, 3.8) is 0 Å². The third kappa shape index (κ3) is 1.95. The Kier molecular flexibility index (Phi) is 2.89. The van der Waals surface area contributed by atoms with Crippen LogP contribution in [0.15, 0.2) is 17.5 Å². The van der Waals surface area contributed by atoms with E-state index in [1.54, 1.807) is 27.4 Å². The molecule has 0 radical (unpaired) electrons. The van der Waals surface area contributed by atoms with Gasteiger partial charge in [0.05, 0.1) is 10.6 Å². The van der Waals surface area contributed by atoms with Gasteiger partial charge in [-0.15, -0.1) is 16.4 Å². The van der Waals surface area contributed by atoms with Gasteiger partial charge in [0.2, 0.25) is 5.13 Å². The van der Waals surface area contributed by atoms with Crippen LogP contribution in [0.3, 0.4) is 0 Å². The van der Waals surface area contributed by atoms with Crippen LogP contribution in [0.25, 0.3) is 15.7 Å². The highest BCUT2D eigenvalue weighted by Crippen LogP contribution is 2.30. The van der Waals surface area contributed by atoms with Gasteiger partial charge in [-0.25, -0.2) is 4.98 Å². The second-order valence-corrected chi connectivity index (χ2v) is 6.05. The van der Waals surface area contributed by atoms with Crippen molar-refractivity contribution in [2.24, 2.45) is 0 Å². The monoisotopic (exact) mass is 287 g/mol. The summed E-state index contributed by atoms with van der Waals surface area (Å²) in [4.78, 5) is 6.58. The molecular formula is C12H9N5S2. The first kappa shape index (κ1) is 12.0. The molecule has 7 heteroatoms. The number of hydrogen-bond donors (Lipinski definition) is 0. The van der Waals surface area contributed by atoms with E-state index in [-0.39, 0.29) is 0 Å². The van der Waals surface area contributed by atoms with Crippen molar-refractivity contribution >= 4 is 22.7 Å². The largest absolute Gasteiger partial charge is 0.223 e. The summed E-state index contributed by atoms with van der Waals surface area (Å²) in [7, 11) is 0. The number of aromatic nitrogens is 4. The lowest BCUT2D eigenvalue weighted by atomic mass is 10.3. The van der Waals surface area contributed by atoms with Crippen LogP contribution in [0.2, 0.25) is 0 Å². The lowest BCUT2D eigenvalue weighted by molar-refractivity contribution is 0.799. The van der Waals surface area contributed by atoms with Gasteiger partial charge in [0.25, 0.3) is 0 Å². The second kappa shape index (κ2) is 4.57. The van der Waals surface area contributed by atoms with Crippen molar-refractivity contribution in [2.45, 2.75) is 13.8 Å². The Morgan fingerprint density at radius 2 is 2.21 bits per heavy atom. The van der Waals surface area contributed by atoms with Gasteiger partial charge >= 0.3 is 0 Å². The zero-order chi connectivity index (χ0) is 13.4. The Bertz CT molecular complexity index is 741. The van der Waals surface area contributed by atoms with E-state index in [0.717, 1.165) is 20.6 Å². The molecule has 0 amide bonds. The van der Waals surface area contributed by atoms with E-state index in [4.69, 9.17) is 5.26 Å². The van der Waals surface area contributed by atoms with Gasteiger partial charge in [-0.2, -0.15) is 9.94 Å². The fourth-order valence-electron chi connectivity index (χ4n) is 1.67. The first-order chi connectivity index (χ1) is 9.20. The zero-order valence-electron chi connectivity index (χ0n) is 10.3. The van der Waals surface area contributed by atoms with E-state index in [2.05, 4.69) is 21.4 Å². The van der Waals surface area contributed by atoms with E-state index in [1.165, 1.54) is 0 Å². The molecule has 0 aliphatic rings. The molecular weight excluding hydrogens is 278 g/mol. The number of thiazole rings is 1. The molecule has 3 rings (SSSR count). The van der Waals surface area contributed by atoms with E-state index in [1.807, 2.05) is 31.4 Å². The van der Waals surface area contributed by atoms with Crippen molar-refractivity contribution in [3.8, 4) is 21.8 Å². The normalized spacial score (nSPS) is 10.6. The van der Waals surface area contributed by atoms with Crippen LogP contribution in [0.1, 0.15) is 16.3 Å². The van der Waals surface area contributed by atoms with Crippen molar-refractivity contribution in [1.29, 1.82) is 5.26 Å². The minimum atomic E-state index is 0.327. The smallest absolute Gasteiger partial charge is 0.212 e. The molecule has 0 aliphatic carbocycles. The van der Waals surface area contributed by atoms with Gasteiger partial charge in [0.15, 0.2) is 5.69 Å². The summed E-state index contributed by atoms with van der Waals surface area (Å²) in [6.45, 7) is 3.98. The van der Waals surface area contributed by atoms with Crippen LogP contribution in [0, 0.1) is 25.2 Å². The molecule has 0 unspecified atom stereocenters. The Hall–Kier alpha value is -2.04. The predicted octanol–water partition coefficient (Wildman–Crippen LogP) is 2.94. The fraction of sp³-hybridized carbons (Fsp3) is 0.167. The van der Waals surface area contributed by atoms with Crippen LogP contribution in [-0.2, 0) is 0 Å². The Morgan fingerprint density at radius 3 is 2.79 bits per heavy atom. The summed E-state index contributed by atoms with van der Waals surface area (Å²) in [6.07, 6.45) is 0. The van der Waals surface area contributed by atoms with Crippen LogP contribution in [0.5, 0.6) is 0 Å². The summed E-state index contributed by atoms with van der Waals surface area (Å²) in [5, 5.41) is 19.9. The maximum absolute atomic E-state index is 9.16. The van der Waals surface area contributed by atoms with Crippen LogP contribution >= 0.6 is 22.7 Å². The molecule has 19 heavy (non-hydrogen) atoms. The first-order valence-electron chi connectivity index (χ1n) is 5.55. The third-order valence-corrected chi connectivity index (χ3v) is 4.65. The minimum Gasteiger partial charge on any atom is -0.223 e. The molecule has 3 aromatic rings. The summed E-state index contributed by atoms with van der Waals surface area (Å²) in [5.74, 6) is 0. The van der Waals surface area contributed by atoms with Crippen LogP contribution in [0.4, 0.5) is 0 Å². The predicted molar refractivity (Wildman–Crippen MR) is 74.5 cm³/mol. The maximum Gasteiger partial charge on any atom is 0.212 e. The van der Waals surface area contributed by atoms with Crippen molar-refractivity contribution < 1.29 is 0 Å². The molecule has 0 aromatic carbocycles. The van der Waals surface area contributed by atoms with E-state index < -0.39 is 0 Å². The Morgan fingerprint density at radius 1 is 1.37 bits per heavy atom. The molecule has 0 saturated carbocycles. The van der Waals surface area contributed by atoms with Gasteiger partial charge in [-0.05, 0) is 25.3 Å². The van der Waals surface area contributed by atoms with E-state index >= 15 is 0 Å². The molecule has 0 bridgehead atoms. The number of nitrogens with zero attached hydrogens (tertiary/aromatic N) is 5. The van der Waals surface area contributed by atoms with Crippen LogP contribution in [-0.4, -0.2) is 20.0 Å². The highest BCUT2D eigenvalue weighted by Gasteiger charge is 2.19. The summed E-state index contributed by atoms with van der Waals surface area (Å²) < 4.78 is 1.65. The number of nitriles is 1. The average Bonchev–Trinajstić information content (AvgIpc) is 3.09. The highest BCUT2D eigenvalue weighted by molar-refractivity contribution is 7.14. The summed E-state index contributed by atoms with van der Waals surface area (Å²) >= 11 is 3.10. The topological polar surface area (TPSA) is 67.4 Å². The third-order valence-electron chi connectivity index (χ3n) is 2.73. The molecule has 5 nitrogen and oxygen atoms in total. The lowest BCUT2D eigenvalue weighted by Crippen LogP contribution is -1.98. The fourth-order valence-corrected chi connectivity index (χ4v) is 3.29. The molecule has 0 aliphatic heterocycles. The summed E-state index contributed by atoms with van der Waals surface area (Å²) in [5.41, 5.74) is 2.02. The zero-order valence-corrected chi connectivity index (χ0v) is 11.9. The van der Waals surface area contributed by atoms with Gasteiger partial charge in [-0.3, -0.25) is 0 Å². The molecule has 0 atom stereocenters. The van der Waals surface area contributed by atoms with Crippen LogP contribution < -0.4 is 0 Å². The molecule has 0 fully saturated rings. The summed E-state index contributed by atoms with van der Waals surface area (Å²) in [6, 6.07) is 5.98. The number of rotatable bonds is 2. The van der Waals surface area contributed by atoms with Gasteiger partial charge in [0, 0.05) is 4.88 Å². The average molecular weight is 287 g/mol. The molecule has 0 spiro atoms. The Labute approximate surface area is 117 Å². The lowest BCUT2D eigenvalue weighted by Gasteiger charge is -1.99. The molecule has 0 saturated heterocycles. The van der Waals surface area contributed by atoms with Gasteiger partial charge in [0.1, 0.15) is 11.8 Å². The molecule has 3 aromatic heterocycles. The van der Waals surface area contributed by atoms with Gasteiger partial charge in [-0.1, -0.05) is 22.6 Å². The minimum absolute atomic E-state index is 0.327. The maximum atomic E-state index is 9.16. The van der Waals surface area contributed by atoms with E-state index in [9.17, 15) is 0 Å². The molecule has 0 N–H and O–H groups in total. The number of hydrogen-bond acceptors (Lipinski definition) is 6. The van der Waals surface area contributed by atoms with Crippen molar-refractivity contribution in [1.82, 2.24) is 20.0 Å². The SMILES string of the molecule is Cc1nc(-n2nnc(C#N)c2-c2cccs2)sc1C. The first-order valence-corrected chi connectivity index (χ1v) is 7.24.